The van der Waals surface area contributed by atoms with E-state index in [1.165, 1.54) is 19.3 Å². The summed E-state index contributed by atoms with van der Waals surface area (Å²) in [5.74, 6) is 0.746. The molecular weight excluding hydrogens is 134 g/mol. The molecule has 1 aliphatic rings. The molecule has 0 aliphatic heterocycles. The van der Waals surface area contributed by atoms with Crippen molar-refractivity contribution in [3.63, 3.8) is 0 Å². The van der Waals surface area contributed by atoms with Crippen molar-refractivity contribution in [1.82, 2.24) is 0 Å². The van der Waals surface area contributed by atoms with Crippen LogP contribution < -0.4 is 5.73 Å². The molecule has 1 heteroatoms. The fraction of sp³-hybridized carbons (Fsp3) is 0.800. The first-order valence-corrected chi connectivity index (χ1v) is 4.67. The van der Waals surface area contributed by atoms with Gasteiger partial charge >= 0.3 is 0 Å². The van der Waals surface area contributed by atoms with E-state index in [2.05, 4.69) is 19.9 Å². The average Bonchev–Trinajstić information content (AvgIpc) is 2.35. The fourth-order valence-corrected chi connectivity index (χ4v) is 1.58. The molecule has 0 heterocycles. The first-order chi connectivity index (χ1) is 5.22. The smallest absolute Gasteiger partial charge is 0.00791 e. The summed E-state index contributed by atoms with van der Waals surface area (Å²) in [7, 11) is 0. The lowest BCUT2D eigenvalue weighted by atomic mass is 10.0. The van der Waals surface area contributed by atoms with Crippen molar-refractivity contribution in [1.29, 1.82) is 0 Å². The minimum Gasteiger partial charge on any atom is -0.327 e. The molecule has 1 fully saturated rings. The normalized spacial score (nSPS) is 31.2. The minimum atomic E-state index is 0.449. The van der Waals surface area contributed by atoms with E-state index < -0.39 is 0 Å². The lowest BCUT2D eigenvalue weighted by Gasteiger charge is -2.03. The number of hydrogen-bond acceptors (Lipinski definition) is 1. The Morgan fingerprint density at radius 1 is 1.73 bits per heavy atom. The molecule has 1 rings (SSSR count). The molecule has 0 spiro atoms. The van der Waals surface area contributed by atoms with E-state index in [0.29, 0.717) is 6.04 Å². The summed E-state index contributed by atoms with van der Waals surface area (Å²) in [5, 5.41) is 0. The van der Waals surface area contributed by atoms with Crippen molar-refractivity contribution < 1.29 is 0 Å². The highest BCUT2D eigenvalue weighted by Crippen LogP contribution is 2.24. The third kappa shape index (κ3) is 2.66. The third-order valence-corrected chi connectivity index (χ3v) is 2.52. The molecule has 1 aliphatic carbocycles. The summed E-state index contributed by atoms with van der Waals surface area (Å²) in [5.41, 5.74) is 7.39. The molecule has 0 aromatic carbocycles. The van der Waals surface area contributed by atoms with Crippen molar-refractivity contribution in [2.45, 2.75) is 45.6 Å². The molecular formula is C10H19N. The first kappa shape index (κ1) is 8.79. The van der Waals surface area contributed by atoms with Gasteiger partial charge in [-0.25, -0.2) is 0 Å². The highest BCUT2D eigenvalue weighted by atomic mass is 14.6. The van der Waals surface area contributed by atoms with Crippen LogP contribution in [0.1, 0.15) is 39.5 Å². The van der Waals surface area contributed by atoms with Gasteiger partial charge in [-0.15, -0.1) is 0 Å². The maximum atomic E-state index is 5.80. The number of nitrogens with two attached hydrogens (primary N) is 1. The monoisotopic (exact) mass is 153 g/mol. The fourth-order valence-electron chi connectivity index (χ4n) is 1.58. The Hall–Kier alpha value is -0.300. The van der Waals surface area contributed by atoms with E-state index in [-0.39, 0.29) is 0 Å². The largest absolute Gasteiger partial charge is 0.327 e. The predicted molar refractivity (Wildman–Crippen MR) is 49.4 cm³/mol. The second-order valence-corrected chi connectivity index (χ2v) is 3.71. The van der Waals surface area contributed by atoms with E-state index >= 15 is 0 Å². The van der Waals surface area contributed by atoms with E-state index in [9.17, 15) is 0 Å². The van der Waals surface area contributed by atoms with Gasteiger partial charge in [0.15, 0.2) is 0 Å². The van der Waals surface area contributed by atoms with E-state index in [1.54, 1.807) is 5.57 Å². The predicted octanol–water partition coefficient (Wildman–Crippen LogP) is 2.47. The Kier molecular flexibility index (Phi) is 3.13. The Morgan fingerprint density at radius 2 is 2.45 bits per heavy atom. The van der Waals surface area contributed by atoms with Crippen molar-refractivity contribution in [2.75, 3.05) is 0 Å². The molecule has 2 N–H and O–H groups in total. The van der Waals surface area contributed by atoms with Gasteiger partial charge in [-0.3, -0.25) is 0 Å². The van der Waals surface area contributed by atoms with Crippen LogP contribution in [-0.4, -0.2) is 6.04 Å². The molecule has 0 saturated heterocycles. The summed E-state index contributed by atoms with van der Waals surface area (Å²) in [6.45, 7) is 4.51. The van der Waals surface area contributed by atoms with Crippen molar-refractivity contribution in [3.05, 3.63) is 11.6 Å². The number of rotatable bonds is 2. The van der Waals surface area contributed by atoms with Gasteiger partial charge in [0, 0.05) is 6.04 Å². The molecule has 0 amide bonds. The summed E-state index contributed by atoms with van der Waals surface area (Å²) in [4.78, 5) is 0. The van der Waals surface area contributed by atoms with Crippen LogP contribution in [0.5, 0.6) is 0 Å². The maximum Gasteiger partial charge on any atom is 0.00791 e. The zero-order valence-corrected chi connectivity index (χ0v) is 7.64. The molecule has 0 radical (unpaired) electrons. The Morgan fingerprint density at radius 3 is 2.91 bits per heavy atom. The quantitative estimate of drug-likeness (QED) is 0.606. The number of allylic oxidation sites excluding steroid dienone is 1. The number of hydrogen-bond donors (Lipinski definition) is 1. The molecule has 1 saturated carbocycles. The lowest BCUT2D eigenvalue weighted by Crippen LogP contribution is -2.13. The standard InChI is InChI=1S/C10H19N/c1-3-8(2)6-9-4-5-10(11)7-9/h6,8,10H,3-5,7,11H2,1-2H3. The maximum absolute atomic E-state index is 5.80. The lowest BCUT2D eigenvalue weighted by molar-refractivity contribution is 0.686. The van der Waals surface area contributed by atoms with Crippen LogP contribution >= 0.6 is 0 Å². The molecule has 11 heavy (non-hydrogen) atoms. The Bertz CT molecular complexity index is 149. The highest BCUT2D eigenvalue weighted by Gasteiger charge is 2.15. The summed E-state index contributed by atoms with van der Waals surface area (Å²) >= 11 is 0. The van der Waals surface area contributed by atoms with E-state index in [1.807, 2.05) is 0 Å². The molecule has 0 aromatic heterocycles. The van der Waals surface area contributed by atoms with Gasteiger partial charge in [-0.05, 0) is 25.2 Å². The van der Waals surface area contributed by atoms with Crippen molar-refractivity contribution in [3.8, 4) is 0 Å². The molecule has 2 unspecified atom stereocenters. The van der Waals surface area contributed by atoms with E-state index in [0.717, 1.165) is 12.3 Å². The van der Waals surface area contributed by atoms with Crippen LogP contribution in [0.25, 0.3) is 0 Å². The van der Waals surface area contributed by atoms with Crippen LogP contribution in [0, 0.1) is 5.92 Å². The summed E-state index contributed by atoms with van der Waals surface area (Å²) < 4.78 is 0. The van der Waals surface area contributed by atoms with E-state index in [4.69, 9.17) is 5.73 Å². The average molecular weight is 153 g/mol. The van der Waals surface area contributed by atoms with Crippen LogP contribution in [0.15, 0.2) is 11.6 Å². The van der Waals surface area contributed by atoms with Crippen LogP contribution in [-0.2, 0) is 0 Å². The topological polar surface area (TPSA) is 26.0 Å². The van der Waals surface area contributed by atoms with Crippen LogP contribution in [0.2, 0.25) is 0 Å². The van der Waals surface area contributed by atoms with Gasteiger partial charge in [0.25, 0.3) is 0 Å². The van der Waals surface area contributed by atoms with Gasteiger partial charge in [0.2, 0.25) is 0 Å². The summed E-state index contributed by atoms with van der Waals surface area (Å²) in [6, 6.07) is 0.449. The van der Waals surface area contributed by atoms with Gasteiger partial charge in [-0.2, -0.15) is 0 Å². The zero-order chi connectivity index (χ0) is 8.27. The van der Waals surface area contributed by atoms with Crippen molar-refractivity contribution in [2.24, 2.45) is 11.7 Å². The van der Waals surface area contributed by atoms with Crippen LogP contribution in [0.3, 0.4) is 0 Å². The molecule has 64 valence electrons. The Balaban J connectivity index is 2.41. The Labute approximate surface area is 69.7 Å². The summed E-state index contributed by atoms with van der Waals surface area (Å²) in [6.07, 6.45) is 7.24. The van der Waals surface area contributed by atoms with Crippen molar-refractivity contribution >= 4 is 0 Å². The van der Waals surface area contributed by atoms with Gasteiger partial charge in [0.05, 0.1) is 0 Å². The van der Waals surface area contributed by atoms with Crippen LogP contribution in [0.4, 0.5) is 0 Å². The SMILES string of the molecule is CCC(C)C=C1CCC(N)C1. The molecule has 0 bridgehead atoms. The second kappa shape index (κ2) is 3.91. The first-order valence-electron chi connectivity index (χ1n) is 4.67. The van der Waals surface area contributed by atoms with Gasteiger partial charge in [-0.1, -0.05) is 31.9 Å². The van der Waals surface area contributed by atoms with Gasteiger partial charge < -0.3 is 5.73 Å². The zero-order valence-electron chi connectivity index (χ0n) is 7.64. The minimum absolute atomic E-state index is 0.449. The second-order valence-electron chi connectivity index (χ2n) is 3.71. The third-order valence-electron chi connectivity index (χ3n) is 2.52. The highest BCUT2D eigenvalue weighted by molar-refractivity contribution is 5.10. The molecule has 1 nitrogen and oxygen atoms in total. The van der Waals surface area contributed by atoms with Gasteiger partial charge in [0.1, 0.15) is 0 Å². The molecule has 2 atom stereocenters. The molecule has 0 aromatic rings.